The SMILES string of the molecule is OC1(c2cc(-c3ccc(F)cc3)n(-c3ccc(F)cc3)n2)CCC2(CC1)OCCO2. The normalized spacial score (nSPS) is 20.0. The number of hydrogen-bond donors (Lipinski definition) is 1. The highest BCUT2D eigenvalue weighted by Crippen LogP contribution is 2.45. The van der Waals surface area contributed by atoms with Crippen LogP contribution in [-0.4, -0.2) is 33.9 Å². The van der Waals surface area contributed by atoms with Gasteiger partial charge in [0.1, 0.15) is 17.2 Å². The molecule has 1 aliphatic carbocycles. The minimum absolute atomic E-state index is 0.334. The zero-order valence-corrected chi connectivity index (χ0v) is 16.4. The summed E-state index contributed by atoms with van der Waals surface area (Å²) >= 11 is 0. The van der Waals surface area contributed by atoms with Crippen molar-refractivity contribution in [2.24, 2.45) is 0 Å². The van der Waals surface area contributed by atoms with Crippen LogP contribution in [0.3, 0.4) is 0 Å². The predicted molar refractivity (Wildman–Crippen MR) is 106 cm³/mol. The van der Waals surface area contributed by atoms with E-state index in [0.717, 1.165) is 5.56 Å². The lowest BCUT2D eigenvalue weighted by Crippen LogP contribution is -2.42. The van der Waals surface area contributed by atoms with Crippen molar-refractivity contribution in [2.75, 3.05) is 13.2 Å². The van der Waals surface area contributed by atoms with Gasteiger partial charge < -0.3 is 14.6 Å². The van der Waals surface area contributed by atoms with Gasteiger partial charge in [-0.1, -0.05) is 0 Å². The van der Waals surface area contributed by atoms with E-state index in [-0.39, 0.29) is 11.6 Å². The smallest absolute Gasteiger partial charge is 0.168 e. The summed E-state index contributed by atoms with van der Waals surface area (Å²) < 4.78 is 40.1. The van der Waals surface area contributed by atoms with Crippen molar-refractivity contribution in [2.45, 2.75) is 37.1 Å². The fourth-order valence-corrected chi connectivity index (χ4v) is 4.30. The summed E-state index contributed by atoms with van der Waals surface area (Å²) in [6.07, 6.45) is 2.07. The molecule has 1 N–H and O–H groups in total. The Morgan fingerprint density at radius 2 is 1.40 bits per heavy atom. The molecule has 0 radical (unpaired) electrons. The maximum atomic E-state index is 13.4. The number of aromatic nitrogens is 2. The minimum Gasteiger partial charge on any atom is -0.383 e. The molecule has 2 heterocycles. The highest BCUT2D eigenvalue weighted by molar-refractivity contribution is 5.63. The van der Waals surface area contributed by atoms with Crippen LogP contribution in [0.4, 0.5) is 8.78 Å². The highest BCUT2D eigenvalue weighted by Gasteiger charge is 2.47. The summed E-state index contributed by atoms with van der Waals surface area (Å²) in [7, 11) is 0. The van der Waals surface area contributed by atoms with Crippen LogP contribution >= 0.6 is 0 Å². The summed E-state index contributed by atoms with van der Waals surface area (Å²) in [6.45, 7) is 1.15. The number of nitrogens with zero attached hydrogens (tertiary/aromatic N) is 2. The third-order valence-corrected chi connectivity index (χ3v) is 6.05. The third kappa shape index (κ3) is 3.43. The first-order valence-corrected chi connectivity index (χ1v) is 10.1. The van der Waals surface area contributed by atoms with Gasteiger partial charge in [0.15, 0.2) is 5.79 Å². The number of benzene rings is 2. The van der Waals surface area contributed by atoms with Crippen molar-refractivity contribution in [3.05, 3.63) is 71.9 Å². The van der Waals surface area contributed by atoms with Gasteiger partial charge in [-0.25, -0.2) is 13.5 Å². The fourth-order valence-electron chi connectivity index (χ4n) is 4.30. The van der Waals surface area contributed by atoms with Gasteiger partial charge in [0.25, 0.3) is 0 Å². The summed E-state index contributed by atoms with van der Waals surface area (Å²) in [6, 6.07) is 13.9. The second-order valence-corrected chi connectivity index (χ2v) is 7.95. The molecule has 1 aliphatic heterocycles. The average molecular weight is 412 g/mol. The average Bonchev–Trinajstić information content (AvgIpc) is 3.40. The van der Waals surface area contributed by atoms with E-state index < -0.39 is 11.4 Å². The van der Waals surface area contributed by atoms with Crippen molar-refractivity contribution in [3.63, 3.8) is 0 Å². The van der Waals surface area contributed by atoms with Crippen LogP contribution in [0.1, 0.15) is 31.4 Å². The Kier molecular flexibility index (Phi) is 4.69. The van der Waals surface area contributed by atoms with Crippen LogP contribution in [0.2, 0.25) is 0 Å². The summed E-state index contributed by atoms with van der Waals surface area (Å²) in [5.41, 5.74) is 1.50. The molecule has 2 aliphatic rings. The monoisotopic (exact) mass is 412 g/mol. The lowest BCUT2D eigenvalue weighted by molar-refractivity contribution is -0.204. The summed E-state index contributed by atoms with van der Waals surface area (Å²) in [5.74, 6) is -1.27. The largest absolute Gasteiger partial charge is 0.383 e. The van der Waals surface area contributed by atoms with E-state index in [1.54, 1.807) is 28.9 Å². The van der Waals surface area contributed by atoms with Crippen LogP contribution in [0.25, 0.3) is 16.9 Å². The lowest BCUT2D eigenvalue weighted by Gasteiger charge is -2.39. The number of aliphatic hydroxyl groups is 1. The Balaban J connectivity index is 1.54. The van der Waals surface area contributed by atoms with Gasteiger partial charge in [-0.2, -0.15) is 5.10 Å². The molecule has 0 amide bonds. The molecule has 5 nitrogen and oxygen atoms in total. The highest BCUT2D eigenvalue weighted by atomic mass is 19.1. The number of halogens is 2. The van der Waals surface area contributed by atoms with Gasteiger partial charge in [0, 0.05) is 18.4 Å². The molecule has 1 saturated carbocycles. The Morgan fingerprint density at radius 1 is 0.833 bits per heavy atom. The summed E-state index contributed by atoms with van der Waals surface area (Å²) in [5, 5.41) is 16.1. The Hall–Kier alpha value is -2.61. The van der Waals surface area contributed by atoms with Crippen molar-refractivity contribution < 1.29 is 23.4 Å². The van der Waals surface area contributed by atoms with E-state index in [4.69, 9.17) is 9.47 Å². The lowest BCUT2D eigenvalue weighted by atomic mass is 9.79. The Morgan fingerprint density at radius 3 is 2.00 bits per heavy atom. The van der Waals surface area contributed by atoms with E-state index in [0.29, 0.717) is 56.0 Å². The first-order chi connectivity index (χ1) is 14.5. The minimum atomic E-state index is -1.12. The molecule has 0 unspecified atom stereocenters. The van der Waals surface area contributed by atoms with Gasteiger partial charge in [0.2, 0.25) is 0 Å². The first-order valence-electron chi connectivity index (χ1n) is 10.1. The van der Waals surface area contributed by atoms with Crippen molar-refractivity contribution >= 4 is 0 Å². The van der Waals surface area contributed by atoms with E-state index in [1.807, 2.05) is 6.07 Å². The molecule has 1 aromatic heterocycles. The van der Waals surface area contributed by atoms with E-state index in [1.165, 1.54) is 24.3 Å². The van der Waals surface area contributed by atoms with Gasteiger partial charge in [-0.05, 0) is 67.4 Å². The third-order valence-electron chi connectivity index (χ3n) is 6.05. The van der Waals surface area contributed by atoms with Crippen LogP contribution in [-0.2, 0) is 15.1 Å². The van der Waals surface area contributed by atoms with Crippen molar-refractivity contribution in [1.29, 1.82) is 0 Å². The number of ether oxygens (including phenoxy) is 2. The molecule has 2 fully saturated rings. The maximum absolute atomic E-state index is 13.4. The van der Waals surface area contributed by atoms with Gasteiger partial charge >= 0.3 is 0 Å². The van der Waals surface area contributed by atoms with Crippen LogP contribution in [0, 0.1) is 11.6 Å². The number of hydrogen-bond acceptors (Lipinski definition) is 4. The number of rotatable bonds is 3. The van der Waals surface area contributed by atoms with Crippen LogP contribution in [0.15, 0.2) is 54.6 Å². The maximum Gasteiger partial charge on any atom is 0.168 e. The second-order valence-electron chi connectivity index (χ2n) is 7.95. The topological polar surface area (TPSA) is 56.5 Å². The van der Waals surface area contributed by atoms with E-state index in [2.05, 4.69) is 5.10 Å². The molecule has 0 atom stereocenters. The van der Waals surface area contributed by atoms with Gasteiger partial charge in [-0.3, -0.25) is 0 Å². The van der Waals surface area contributed by atoms with Crippen LogP contribution < -0.4 is 0 Å². The Labute approximate surface area is 172 Å². The molecule has 2 aromatic carbocycles. The standard InChI is InChI=1S/C23H22F2N2O3/c24-17-3-1-16(2-4-17)20-15-21(26-27(20)19-7-5-18(25)6-8-19)22(28)9-11-23(12-10-22)29-13-14-30-23/h1-8,15,28H,9-14H2. The molecule has 1 spiro atoms. The zero-order valence-electron chi connectivity index (χ0n) is 16.4. The molecule has 30 heavy (non-hydrogen) atoms. The predicted octanol–water partition coefficient (Wildman–Crippen LogP) is 4.32. The molecular formula is C23H22F2N2O3. The van der Waals surface area contributed by atoms with Gasteiger partial charge in [-0.15, -0.1) is 0 Å². The Bertz CT molecular complexity index is 968. The molecule has 5 rings (SSSR count). The molecule has 0 bridgehead atoms. The molecule has 1 saturated heterocycles. The zero-order chi connectivity index (χ0) is 20.8. The molecular weight excluding hydrogens is 390 g/mol. The van der Waals surface area contributed by atoms with Crippen molar-refractivity contribution in [1.82, 2.24) is 9.78 Å². The van der Waals surface area contributed by atoms with Gasteiger partial charge in [0.05, 0.1) is 30.3 Å². The quantitative estimate of drug-likeness (QED) is 0.696. The van der Waals surface area contributed by atoms with Crippen LogP contribution in [0.5, 0.6) is 0 Å². The van der Waals surface area contributed by atoms with E-state index in [9.17, 15) is 13.9 Å². The molecule has 7 heteroatoms. The first kappa shape index (κ1) is 19.4. The fraction of sp³-hybridized carbons (Fsp3) is 0.348. The summed E-state index contributed by atoms with van der Waals surface area (Å²) in [4.78, 5) is 0. The second kappa shape index (κ2) is 7.27. The molecule has 3 aromatic rings. The molecule has 156 valence electrons. The van der Waals surface area contributed by atoms with E-state index >= 15 is 0 Å². The van der Waals surface area contributed by atoms with Crippen molar-refractivity contribution in [3.8, 4) is 16.9 Å².